The van der Waals surface area contributed by atoms with Gasteiger partial charge in [0.25, 0.3) is 0 Å². The minimum atomic E-state index is -4.43. The number of alkyl halides is 3. The minimum Gasteiger partial charge on any atom is -0.370 e. The van der Waals surface area contributed by atoms with Crippen LogP contribution in [0.15, 0.2) is 22.2 Å². The normalized spacial score (nSPS) is 13.3. The number of hydrogen-bond donors (Lipinski definition) is 4. The Hall–Kier alpha value is -2.64. The summed E-state index contributed by atoms with van der Waals surface area (Å²) in [6.07, 6.45) is -0.0769. The number of nitrogens with one attached hydrogen (secondary N) is 3. The van der Waals surface area contributed by atoms with Crippen LogP contribution in [0, 0.1) is 0 Å². The molecule has 0 fully saturated rings. The average Bonchev–Trinajstić information content (AvgIpc) is 2.57. The van der Waals surface area contributed by atoms with Gasteiger partial charge >= 0.3 is 6.18 Å². The largest absolute Gasteiger partial charge is 0.408 e. The topological polar surface area (TPSA) is 147 Å². The summed E-state index contributed by atoms with van der Waals surface area (Å²) in [7, 11) is -1.95. The zero-order valence-electron chi connectivity index (χ0n) is 15.4. The number of nitrogens with zero attached hydrogens (tertiary/aromatic N) is 4. The quantitative estimate of drug-likeness (QED) is 0.265. The van der Waals surface area contributed by atoms with Crippen molar-refractivity contribution >= 4 is 27.8 Å². The summed E-state index contributed by atoms with van der Waals surface area (Å²) in [5.41, 5.74) is 5.40. The highest BCUT2D eigenvalue weighted by Crippen LogP contribution is 2.14. The third kappa shape index (κ3) is 11.2. The van der Waals surface area contributed by atoms with Gasteiger partial charge in [-0.05, 0) is 18.9 Å². The van der Waals surface area contributed by atoms with Crippen molar-refractivity contribution in [2.45, 2.75) is 25.4 Å². The Kier molecular flexibility index (Phi) is 8.88. The Morgan fingerprint density at radius 1 is 1.32 bits per heavy atom. The molecular weight excluding hydrogens is 401 g/mol. The summed E-state index contributed by atoms with van der Waals surface area (Å²) in [5, 5.41) is 5.34. The lowest BCUT2D eigenvalue weighted by Crippen LogP contribution is -2.40. The fraction of sp³-hybridized carbons (Fsp3) is 0.571. The smallest absolute Gasteiger partial charge is 0.370 e. The third-order valence-corrected chi connectivity index (χ3v) is 3.58. The summed E-state index contributed by atoms with van der Waals surface area (Å²) in [6.45, 7) is -0.905. The van der Waals surface area contributed by atoms with Gasteiger partial charge in [-0.25, -0.2) is 23.4 Å². The number of aromatic nitrogens is 2. The first kappa shape index (κ1) is 23.4. The molecule has 0 aromatic carbocycles. The van der Waals surface area contributed by atoms with Gasteiger partial charge in [0.2, 0.25) is 16.0 Å². The summed E-state index contributed by atoms with van der Waals surface area (Å²) >= 11 is 0. The molecule has 1 aromatic heterocycles. The van der Waals surface area contributed by atoms with Gasteiger partial charge in [0, 0.05) is 26.2 Å². The van der Waals surface area contributed by atoms with Crippen LogP contribution in [0.1, 0.15) is 18.7 Å². The molecule has 14 heteroatoms. The zero-order valence-corrected chi connectivity index (χ0v) is 16.2. The van der Waals surface area contributed by atoms with Crippen molar-refractivity contribution in [3.8, 4) is 0 Å². The van der Waals surface area contributed by atoms with E-state index >= 15 is 0 Å². The lowest BCUT2D eigenvalue weighted by molar-refractivity contribution is -0.118. The number of anilines is 1. The Labute approximate surface area is 161 Å². The Bertz CT molecular complexity index is 796. The molecule has 0 saturated carbocycles. The van der Waals surface area contributed by atoms with Gasteiger partial charge in [0.05, 0.1) is 6.26 Å². The molecule has 28 heavy (non-hydrogen) atoms. The first-order valence-electron chi connectivity index (χ1n) is 8.12. The van der Waals surface area contributed by atoms with E-state index in [4.69, 9.17) is 5.73 Å². The van der Waals surface area contributed by atoms with Crippen LogP contribution < -0.4 is 21.1 Å². The number of rotatable bonds is 8. The first-order chi connectivity index (χ1) is 13.0. The van der Waals surface area contributed by atoms with Crippen LogP contribution in [-0.2, 0) is 16.4 Å². The van der Waals surface area contributed by atoms with Gasteiger partial charge in [-0.3, -0.25) is 9.71 Å². The van der Waals surface area contributed by atoms with Gasteiger partial charge in [-0.2, -0.15) is 13.2 Å². The number of unbranched alkanes of at least 4 members (excludes halogenated alkanes) is 1. The number of hydrogen-bond acceptors (Lipinski definition) is 6. The monoisotopic (exact) mass is 424 g/mol. The molecule has 0 unspecified atom stereocenters. The molecule has 1 aromatic rings. The van der Waals surface area contributed by atoms with E-state index < -0.39 is 28.7 Å². The first-order valence-corrected chi connectivity index (χ1v) is 10.0. The van der Waals surface area contributed by atoms with Crippen LogP contribution >= 0.6 is 0 Å². The van der Waals surface area contributed by atoms with Crippen LogP contribution in [0.4, 0.5) is 19.0 Å². The highest BCUT2D eigenvalue weighted by atomic mass is 32.2. The molecule has 158 valence electrons. The molecule has 10 nitrogen and oxygen atoms in total. The average molecular weight is 424 g/mol. The maximum absolute atomic E-state index is 12.1. The molecule has 1 rings (SSSR count). The van der Waals surface area contributed by atoms with E-state index in [1.165, 1.54) is 19.3 Å². The van der Waals surface area contributed by atoms with Crippen LogP contribution in [0.5, 0.6) is 0 Å². The Morgan fingerprint density at radius 3 is 2.64 bits per heavy atom. The van der Waals surface area contributed by atoms with Gasteiger partial charge in [-0.15, -0.1) is 0 Å². The molecule has 0 spiro atoms. The molecule has 0 amide bonds. The maximum atomic E-state index is 12.1. The van der Waals surface area contributed by atoms with E-state index in [9.17, 15) is 21.6 Å². The van der Waals surface area contributed by atoms with Crippen molar-refractivity contribution in [3.63, 3.8) is 0 Å². The van der Waals surface area contributed by atoms with Crippen molar-refractivity contribution in [1.82, 2.24) is 20.0 Å². The van der Waals surface area contributed by atoms with Crippen LogP contribution in [0.2, 0.25) is 0 Å². The summed E-state index contributed by atoms with van der Waals surface area (Å²) < 4.78 is 60.9. The minimum absolute atomic E-state index is 0.151. The lowest BCUT2D eigenvalue weighted by Gasteiger charge is -2.10. The second kappa shape index (κ2) is 10.6. The number of aliphatic imine (C=N–C) groups is 2. The number of aryl methyl sites for hydroxylation is 1. The van der Waals surface area contributed by atoms with Crippen LogP contribution in [0.3, 0.4) is 0 Å². The predicted octanol–water partition coefficient (Wildman–Crippen LogP) is 0.213. The number of nitrogens with two attached hydrogens (primary N) is 1. The van der Waals surface area contributed by atoms with Crippen molar-refractivity contribution in [2.75, 3.05) is 31.7 Å². The van der Waals surface area contributed by atoms with Crippen molar-refractivity contribution in [1.29, 1.82) is 0 Å². The van der Waals surface area contributed by atoms with E-state index in [0.29, 0.717) is 31.6 Å². The summed E-state index contributed by atoms with van der Waals surface area (Å²) in [4.78, 5) is 15.2. The SMILES string of the molecule is CN=C(NCCCCc1nccc(NC(N)=NCC(F)(F)F)n1)NS(C)(=O)=O. The maximum Gasteiger partial charge on any atom is 0.408 e. The van der Waals surface area contributed by atoms with Gasteiger partial charge < -0.3 is 16.4 Å². The summed E-state index contributed by atoms with van der Waals surface area (Å²) in [5.74, 6) is 0.478. The van der Waals surface area contributed by atoms with Gasteiger partial charge in [0.1, 0.15) is 18.2 Å². The molecule has 0 aliphatic carbocycles. The third-order valence-electron chi connectivity index (χ3n) is 3.02. The number of guanidine groups is 2. The second-order valence-corrected chi connectivity index (χ2v) is 7.38. The van der Waals surface area contributed by atoms with E-state index in [2.05, 4.69) is 35.3 Å². The standard InChI is InChI=1S/C14H23F3N8O2S/c1-19-13(25-28(2,26)27)21-7-4-3-5-10-20-8-6-11(23-10)24-12(18)22-9-14(15,16)17/h6,8H,3-5,7,9H2,1-2H3,(H2,19,21,25)(H3,18,20,22,23,24). The molecule has 0 aliphatic heterocycles. The molecule has 5 N–H and O–H groups in total. The fourth-order valence-electron chi connectivity index (χ4n) is 1.89. The van der Waals surface area contributed by atoms with E-state index in [0.717, 1.165) is 6.26 Å². The molecule has 0 radical (unpaired) electrons. The number of sulfonamides is 1. The summed E-state index contributed by atoms with van der Waals surface area (Å²) in [6, 6.07) is 1.46. The lowest BCUT2D eigenvalue weighted by atomic mass is 10.2. The second-order valence-electron chi connectivity index (χ2n) is 5.63. The molecule has 0 atom stereocenters. The highest BCUT2D eigenvalue weighted by Gasteiger charge is 2.26. The Balaban J connectivity index is 2.43. The molecular formula is C14H23F3N8O2S. The Morgan fingerprint density at radius 2 is 2.04 bits per heavy atom. The fourth-order valence-corrected chi connectivity index (χ4v) is 2.40. The van der Waals surface area contributed by atoms with Gasteiger partial charge in [-0.1, -0.05) is 0 Å². The molecule has 0 saturated heterocycles. The van der Waals surface area contributed by atoms with Gasteiger partial charge in [0.15, 0.2) is 5.96 Å². The van der Waals surface area contributed by atoms with Crippen molar-refractivity contribution in [3.05, 3.63) is 18.1 Å². The molecule has 0 bridgehead atoms. The van der Waals surface area contributed by atoms with Crippen molar-refractivity contribution < 1.29 is 21.6 Å². The molecule has 1 heterocycles. The van der Waals surface area contributed by atoms with E-state index in [1.54, 1.807) is 0 Å². The number of halogens is 3. The van der Waals surface area contributed by atoms with E-state index in [-0.39, 0.29) is 11.8 Å². The molecule has 0 aliphatic rings. The van der Waals surface area contributed by atoms with Crippen LogP contribution in [0.25, 0.3) is 0 Å². The van der Waals surface area contributed by atoms with E-state index in [1.807, 2.05) is 0 Å². The zero-order chi connectivity index (χ0) is 21.2. The van der Waals surface area contributed by atoms with Crippen molar-refractivity contribution in [2.24, 2.45) is 15.7 Å². The highest BCUT2D eigenvalue weighted by molar-refractivity contribution is 7.89. The van der Waals surface area contributed by atoms with Crippen LogP contribution in [-0.4, -0.2) is 62.9 Å². The predicted molar refractivity (Wildman–Crippen MR) is 100 cm³/mol.